The highest BCUT2D eigenvalue weighted by Gasteiger charge is 2.48. The van der Waals surface area contributed by atoms with Crippen LogP contribution in [0.1, 0.15) is 94.7 Å². The van der Waals surface area contributed by atoms with Gasteiger partial charge >= 0.3 is 0 Å². The van der Waals surface area contributed by atoms with Crippen molar-refractivity contribution in [3.8, 4) is 11.1 Å². The zero-order valence-electron chi connectivity index (χ0n) is 41.0. The Bertz CT molecular complexity index is 3160. The Morgan fingerprint density at radius 3 is 1.73 bits per heavy atom. The molecule has 2 aliphatic heterocycles. The second-order valence-corrected chi connectivity index (χ2v) is 21.9. The summed E-state index contributed by atoms with van der Waals surface area (Å²) in [5.41, 5.74) is 25.3. The minimum atomic E-state index is -0.0674. The van der Waals surface area contributed by atoms with E-state index in [4.69, 9.17) is 0 Å². The minimum Gasteiger partial charge on any atom is -0.311 e. The average Bonchev–Trinajstić information content (AvgIpc) is 3.31. The van der Waals surface area contributed by atoms with Crippen LogP contribution < -0.4 is 31.1 Å². The second-order valence-electron chi connectivity index (χ2n) is 21.9. The predicted octanol–water partition coefficient (Wildman–Crippen LogP) is 15.5. The molecule has 1 aliphatic carbocycles. The van der Waals surface area contributed by atoms with Crippen LogP contribution in [0.5, 0.6) is 0 Å². The number of para-hydroxylation sites is 1. The standard InChI is InChI=1S/C63H62BN3/c1-41-23-28-46(29-24-41)65(47-30-25-42(2)26-31-47)48-32-36-55-52(40-48)64-51-34-33-50-58(63(9,10)38-37-62(50,7)8)60(51)67(54-35-27-45(61(4,5)6)39-49(54)44-18-12-11-13-19-44)57-22-16-21-56(59(57)64)66(55)53-20-15-14-17-43(53)3/h11-36,39-40H,37-38H2,1-10H3. The SMILES string of the molecule is Cc1ccc(N(c2ccc(C)cc2)c2ccc3c(c2)B2c4ccc5c(c4N(c4ccc(C(C)(C)C)cc4-c4ccccc4)c4cccc(c42)N3c2ccccc2C)C(C)(C)CCC5(C)C)cc1. The number of rotatable bonds is 6. The van der Waals surface area contributed by atoms with Gasteiger partial charge in [-0.05, 0) is 167 Å². The lowest BCUT2D eigenvalue weighted by Crippen LogP contribution is -2.62. The third kappa shape index (κ3) is 7.02. The lowest BCUT2D eigenvalue weighted by Gasteiger charge is -2.50. The van der Waals surface area contributed by atoms with Crippen molar-refractivity contribution < 1.29 is 0 Å². The monoisotopic (exact) mass is 872 g/mol. The summed E-state index contributed by atoms with van der Waals surface area (Å²) in [4.78, 5) is 7.70. The van der Waals surface area contributed by atoms with Gasteiger partial charge < -0.3 is 14.7 Å². The molecule has 332 valence electrons. The molecule has 0 saturated heterocycles. The van der Waals surface area contributed by atoms with Crippen LogP contribution in [0.2, 0.25) is 0 Å². The van der Waals surface area contributed by atoms with Gasteiger partial charge in [0, 0.05) is 51.1 Å². The van der Waals surface area contributed by atoms with Gasteiger partial charge in [-0.25, -0.2) is 0 Å². The molecule has 3 nitrogen and oxygen atoms in total. The predicted molar refractivity (Wildman–Crippen MR) is 289 cm³/mol. The molecular weight excluding hydrogens is 810 g/mol. The van der Waals surface area contributed by atoms with Crippen molar-refractivity contribution in [3.63, 3.8) is 0 Å². The van der Waals surface area contributed by atoms with Crippen LogP contribution in [0, 0.1) is 20.8 Å². The fourth-order valence-corrected chi connectivity index (χ4v) is 11.5. The number of anilines is 9. The molecule has 0 N–H and O–H groups in total. The van der Waals surface area contributed by atoms with Crippen molar-refractivity contribution >= 4 is 74.3 Å². The first-order valence-corrected chi connectivity index (χ1v) is 24.3. The number of aryl methyl sites for hydroxylation is 3. The van der Waals surface area contributed by atoms with E-state index in [1.54, 1.807) is 0 Å². The molecule has 0 bridgehead atoms. The van der Waals surface area contributed by atoms with E-state index < -0.39 is 0 Å². The van der Waals surface area contributed by atoms with Crippen molar-refractivity contribution in [3.05, 3.63) is 203 Å². The lowest BCUT2D eigenvalue weighted by molar-refractivity contribution is 0.333. The molecule has 8 aromatic rings. The Kier molecular flexibility index (Phi) is 10.0. The van der Waals surface area contributed by atoms with Crippen molar-refractivity contribution in [2.45, 2.75) is 98.3 Å². The minimum absolute atomic E-state index is 0.0217. The third-order valence-corrected chi connectivity index (χ3v) is 15.3. The van der Waals surface area contributed by atoms with Crippen molar-refractivity contribution in [1.82, 2.24) is 0 Å². The Hall–Kier alpha value is -6.78. The molecule has 0 unspecified atom stereocenters. The average molecular weight is 872 g/mol. The van der Waals surface area contributed by atoms with Crippen molar-refractivity contribution in [1.29, 1.82) is 0 Å². The molecule has 0 saturated carbocycles. The molecule has 0 aromatic heterocycles. The van der Waals surface area contributed by atoms with Crippen LogP contribution in [0.15, 0.2) is 170 Å². The Balaban J connectivity index is 1.26. The van der Waals surface area contributed by atoms with Crippen LogP contribution in [0.3, 0.4) is 0 Å². The number of nitrogens with zero attached hydrogens (tertiary/aromatic N) is 3. The first-order valence-electron chi connectivity index (χ1n) is 24.3. The first kappa shape index (κ1) is 42.8. The second kappa shape index (κ2) is 15.7. The van der Waals surface area contributed by atoms with Crippen LogP contribution in [0.4, 0.5) is 51.2 Å². The van der Waals surface area contributed by atoms with Crippen molar-refractivity contribution in [2.75, 3.05) is 14.7 Å². The molecule has 0 spiro atoms. The van der Waals surface area contributed by atoms with Gasteiger partial charge in [0.05, 0.1) is 5.69 Å². The Morgan fingerprint density at radius 1 is 0.493 bits per heavy atom. The molecule has 0 radical (unpaired) electrons. The zero-order valence-corrected chi connectivity index (χ0v) is 41.0. The van der Waals surface area contributed by atoms with Gasteiger partial charge in [0.25, 0.3) is 6.71 Å². The highest BCUT2D eigenvalue weighted by Crippen LogP contribution is 2.55. The highest BCUT2D eigenvalue weighted by molar-refractivity contribution is 7.00. The van der Waals surface area contributed by atoms with Gasteiger partial charge in [-0.2, -0.15) is 0 Å². The maximum atomic E-state index is 2.71. The maximum Gasteiger partial charge on any atom is 0.252 e. The van der Waals surface area contributed by atoms with Crippen LogP contribution >= 0.6 is 0 Å². The Labute approximate surface area is 399 Å². The van der Waals surface area contributed by atoms with Crippen LogP contribution in [-0.2, 0) is 16.2 Å². The molecule has 3 aliphatic rings. The summed E-state index contributed by atoms with van der Waals surface area (Å²) in [6.07, 6.45) is 2.27. The largest absolute Gasteiger partial charge is 0.311 e. The molecule has 0 atom stereocenters. The summed E-state index contributed by atoms with van der Waals surface area (Å²) in [7, 11) is 0. The van der Waals surface area contributed by atoms with Gasteiger partial charge in [0.2, 0.25) is 0 Å². The van der Waals surface area contributed by atoms with E-state index in [0.717, 1.165) is 29.9 Å². The van der Waals surface area contributed by atoms with Gasteiger partial charge in [0.1, 0.15) is 0 Å². The van der Waals surface area contributed by atoms with E-state index in [-0.39, 0.29) is 23.0 Å². The van der Waals surface area contributed by atoms with Crippen LogP contribution in [0.25, 0.3) is 11.1 Å². The third-order valence-electron chi connectivity index (χ3n) is 15.3. The molecule has 11 rings (SSSR count). The molecule has 8 aromatic carbocycles. The van der Waals surface area contributed by atoms with Crippen LogP contribution in [-0.4, -0.2) is 6.71 Å². The van der Waals surface area contributed by atoms with Gasteiger partial charge in [-0.1, -0.05) is 157 Å². The normalized spacial score (nSPS) is 15.3. The summed E-state index contributed by atoms with van der Waals surface area (Å²) in [5.74, 6) is 0. The molecule has 0 fully saturated rings. The molecule has 4 heteroatoms. The van der Waals surface area contributed by atoms with Gasteiger partial charge in [-0.3, -0.25) is 0 Å². The highest BCUT2D eigenvalue weighted by atomic mass is 15.2. The topological polar surface area (TPSA) is 9.72 Å². The summed E-state index contributed by atoms with van der Waals surface area (Å²) in [6, 6.07) is 64.7. The van der Waals surface area contributed by atoms with E-state index in [1.165, 1.54) is 95.0 Å². The summed E-state index contributed by atoms with van der Waals surface area (Å²) in [5, 5.41) is 0. The molecule has 67 heavy (non-hydrogen) atoms. The molecular formula is C63H62BN3. The number of fused-ring (bicyclic) bond motifs is 6. The number of benzene rings is 8. The molecule has 0 amide bonds. The van der Waals surface area contributed by atoms with Crippen molar-refractivity contribution in [2.24, 2.45) is 0 Å². The lowest BCUT2D eigenvalue weighted by atomic mass is 9.33. The zero-order chi connectivity index (χ0) is 46.6. The number of hydrogen-bond acceptors (Lipinski definition) is 3. The van der Waals surface area contributed by atoms with E-state index in [9.17, 15) is 0 Å². The fourth-order valence-electron chi connectivity index (χ4n) is 11.5. The fraction of sp³-hybridized carbons (Fsp3) is 0.238. The maximum absolute atomic E-state index is 2.71. The van der Waals surface area contributed by atoms with Gasteiger partial charge in [0.15, 0.2) is 0 Å². The van der Waals surface area contributed by atoms with Gasteiger partial charge in [-0.15, -0.1) is 0 Å². The first-order chi connectivity index (χ1) is 32.1. The molecule has 2 heterocycles. The summed E-state index contributed by atoms with van der Waals surface area (Å²) >= 11 is 0. The van der Waals surface area contributed by atoms with E-state index in [2.05, 4.69) is 254 Å². The number of hydrogen-bond donors (Lipinski definition) is 0. The Morgan fingerprint density at radius 2 is 1.07 bits per heavy atom. The summed E-state index contributed by atoms with van der Waals surface area (Å²) in [6.45, 7) is 23.5. The smallest absolute Gasteiger partial charge is 0.252 e. The van der Waals surface area contributed by atoms with E-state index in [1.807, 2.05) is 0 Å². The van der Waals surface area contributed by atoms with E-state index in [0.29, 0.717) is 0 Å². The quantitative estimate of drug-likeness (QED) is 0.154. The summed E-state index contributed by atoms with van der Waals surface area (Å²) < 4.78 is 0. The van der Waals surface area contributed by atoms with E-state index >= 15 is 0 Å².